The Kier molecular flexibility index (Phi) is 3.26. The van der Waals surface area contributed by atoms with Gasteiger partial charge in [-0.3, -0.25) is 0 Å². The summed E-state index contributed by atoms with van der Waals surface area (Å²) in [4.78, 5) is 8.06. The van der Waals surface area contributed by atoms with Gasteiger partial charge in [-0.25, -0.2) is 4.98 Å². The van der Waals surface area contributed by atoms with Crippen LogP contribution in [0, 0.1) is 0 Å². The molecule has 0 radical (unpaired) electrons. The summed E-state index contributed by atoms with van der Waals surface area (Å²) in [5, 5.41) is 0.697. The van der Waals surface area contributed by atoms with Crippen molar-refractivity contribution < 1.29 is 0 Å². The lowest BCUT2D eigenvalue weighted by Gasteiger charge is -2.12. The zero-order chi connectivity index (χ0) is 13.2. The van der Waals surface area contributed by atoms with E-state index in [0.717, 1.165) is 23.3 Å². The lowest BCUT2D eigenvalue weighted by molar-refractivity contribution is 0.732. The van der Waals surface area contributed by atoms with Gasteiger partial charge >= 0.3 is 0 Å². The number of hydrogen-bond acceptors (Lipinski definition) is 1. The van der Waals surface area contributed by atoms with Crippen LogP contribution >= 0.6 is 11.6 Å². The fourth-order valence-electron chi connectivity index (χ4n) is 2.45. The molecule has 0 amide bonds. The molecule has 96 valence electrons. The second-order valence-electron chi connectivity index (χ2n) is 4.63. The summed E-state index contributed by atoms with van der Waals surface area (Å²) in [5.74, 6) is 1.27. The first-order valence-electron chi connectivity index (χ1n) is 6.48. The second kappa shape index (κ2) is 5.06. The highest BCUT2D eigenvalue weighted by molar-refractivity contribution is 6.34. The minimum atomic E-state index is 0.282. The van der Waals surface area contributed by atoms with E-state index < -0.39 is 0 Å². The lowest BCUT2D eigenvalue weighted by atomic mass is 9.96. The quantitative estimate of drug-likeness (QED) is 0.730. The van der Waals surface area contributed by atoms with E-state index in [0.29, 0.717) is 5.02 Å². The van der Waals surface area contributed by atoms with Gasteiger partial charge < -0.3 is 4.98 Å². The Labute approximate surface area is 117 Å². The van der Waals surface area contributed by atoms with Crippen molar-refractivity contribution in [1.29, 1.82) is 0 Å². The number of para-hydroxylation sites is 1. The second-order valence-corrected chi connectivity index (χ2v) is 5.04. The van der Waals surface area contributed by atoms with Gasteiger partial charge in [-0.15, -0.1) is 0 Å². The minimum absolute atomic E-state index is 0.282. The van der Waals surface area contributed by atoms with Gasteiger partial charge in [0.15, 0.2) is 0 Å². The predicted octanol–water partition coefficient (Wildman–Crippen LogP) is 4.76. The van der Waals surface area contributed by atoms with E-state index in [1.807, 2.05) is 24.3 Å². The number of aromatic nitrogens is 2. The van der Waals surface area contributed by atoms with Crippen molar-refractivity contribution in [2.75, 3.05) is 0 Å². The van der Waals surface area contributed by atoms with E-state index in [1.165, 1.54) is 5.56 Å². The molecule has 1 aromatic heterocycles. The van der Waals surface area contributed by atoms with Crippen LogP contribution in [0.4, 0.5) is 0 Å². The molecule has 1 atom stereocenters. The largest absolute Gasteiger partial charge is 0.341 e. The van der Waals surface area contributed by atoms with Crippen LogP contribution in [0.15, 0.2) is 48.5 Å². The standard InChI is InChI=1S/C16H15ClN2/c1-2-12(11-7-4-3-5-8-11)16-18-14-10-6-9-13(17)15(14)19-16/h3-10,12H,2H2,1H3,(H,18,19). The Morgan fingerprint density at radius 3 is 2.58 bits per heavy atom. The topological polar surface area (TPSA) is 28.7 Å². The molecule has 0 aliphatic rings. The molecule has 19 heavy (non-hydrogen) atoms. The molecule has 0 saturated heterocycles. The Hall–Kier alpha value is -1.80. The molecule has 2 aromatic carbocycles. The van der Waals surface area contributed by atoms with Gasteiger partial charge in [-0.2, -0.15) is 0 Å². The molecule has 0 aliphatic carbocycles. The van der Waals surface area contributed by atoms with Gasteiger partial charge in [0, 0.05) is 5.92 Å². The third-order valence-corrected chi connectivity index (χ3v) is 3.73. The van der Waals surface area contributed by atoms with Crippen LogP contribution in [-0.2, 0) is 0 Å². The fraction of sp³-hybridized carbons (Fsp3) is 0.188. The van der Waals surface area contributed by atoms with Gasteiger partial charge in [-0.1, -0.05) is 54.9 Å². The van der Waals surface area contributed by atoms with Crippen LogP contribution in [-0.4, -0.2) is 9.97 Å². The summed E-state index contributed by atoms with van der Waals surface area (Å²) in [7, 11) is 0. The molecule has 0 fully saturated rings. The highest BCUT2D eigenvalue weighted by Gasteiger charge is 2.16. The maximum absolute atomic E-state index is 6.18. The highest BCUT2D eigenvalue weighted by atomic mass is 35.5. The third kappa shape index (κ3) is 2.24. The molecule has 3 aromatic rings. The van der Waals surface area contributed by atoms with Crippen LogP contribution in [0.25, 0.3) is 11.0 Å². The van der Waals surface area contributed by atoms with Crippen molar-refractivity contribution in [1.82, 2.24) is 9.97 Å². The molecule has 0 spiro atoms. The Bertz CT molecular complexity index is 688. The summed E-state index contributed by atoms with van der Waals surface area (Å²) in [6, 6.07) is 16.3. The maximum Gasteiger partial charge on any atom is 0.114 e. The third-order valence-electron chi connectivity index (χ3n) is 3.42. The van der Waals surface area contributed by atoms with Gasteiger partial charge in [-0.05, 0) is 24.1 Å². The van der Waals surface area contributed by atoms with Gasteiger partial charge in [0.25, 0.3) is 0 Å². The number of nitrogens with zero attached hydrogens (tertiary/aromatic N) is 1. The smallest absolute Gasteiger partial charge is 0.114 e. The molecule has 0 bridgehead atoms. The van der Waals surface area contributed by atoms with Crippen molar-refractivity contribution >= 4 is 22.6 Å². The number of rotatable bonds is 3. The monoisotopic (exact) mass is 270 g/mol. The van der Waals surface area contributed by atoms with Crippen molar-refractivity contribution in [3.05, 3.63) is 64.9 Å². The lowest BCUT2D eigenvalue weighted by Crippen LogP contribution is -2.01. The zero-order valence-electron chi connectivity index (χ0n) is 10.7. The molecule has 3 heteroatoms. The molecule has 2 nitrogen and oxygen atoms in total. The average Bonchev–Trinajstić information content (AvgIpc) is 2.86. The zero-order valence-corrected chi connectivity index (χ0v) is 11.5. The molecule has 0 aliphatic heterocycles. The molecular weight excluding hydrogens is 256 g/mol. The molecule has 3 rings (SSSR count). The number of nitrogens with one attached hydrogen (secondary N) is 1. The highest BCUT2D eigenvalue weighted by Crippen LogP contribution is 2.29. The first-order valence-corrected chi connectivity index (χ1v) is 6.86. The summed E-state index contributed by atoms with van der Waals surface area (Å²) < 4.78 is 0. The van der Waals surface area contributed by atoms with Crippen molar-refractivity contribution in [2.45, 2.75) is 19.3 Å². The first kappa shape index (κ1) is 12.2. The van der Waals surface area contributed by atoms with Crippen LogP contribution in [0.1, 0.15) is 30.7 Å². The molecule has 1 heterocycles. The van der Waals surface area contributed by atoms with Crippen LogP contribution in [0.2, 0.25) is 5.02 Å². The van der Waals surface area contributed by atoms with E-state index in [1.54, 1.807) is 0 Å². The van der Waals surface area contributed by atoms with Crippen molar-refractivity contribution in [3.8, 4) is 0 Å². The van der Waals surface area contributed by atoms with E-state index in [9.17, 15) is 0 Å². The summed E-state index contributed by atoms with van der Waals surface area (Å²) in [6.45, 7) is 2.17. The van der Waals surface area contributed by atoms with Crippen molar-refractivity contribution in [2.24, 2.45) is 0 Å². The van der Waals surface area contributed by atoms with Crippen LogP contribution in [0.5, 0.6) is 0 Å². The summed E-state index contributed by atoms with van der Waals surface area (Å²) in [5.41, 5.74) is 3.13. The van der Waals surface area contributed by atoms with Gasteiger partial charge in [0.1, 0.15) is 11.3 Å². The van der Waals surface area contributed by atoms with E-state index in [4.69, 9.17) is 11.6 Å². The van der Waals surface area contributed by atoms with E-state index in [-0.39, 0.29) is 5.92 Å². The van der Waals surface area contributed by atoms with Gasteiger partial charge in [0.05, 0.1) is 10.5 Å². The normalized spacial score (nSPS) is 12.7. The Morgan fingerprint density at radius 2 is 1.89 bits per heavy atom. The molecule has 0 saturated carbocycles. The van der Waals surface area contributed by atoms with E-state index >= 15 is 0 Å². The molecule has 1 unspecified atom stereocenters. The number of fused-ring (bicyclic) bond motifs is 1. The first-order chi connectivity index (χ1) is 9.29. The summed E-state index contributed by atoms with van der Waals surface area (Å²) >= 11 is 6.18. The van der Waals surface area contributed by atoms with Gasteiger partial charge in [0.2, 0.25) is 0 Å². The number of hydrogen-bond donors (Lipinski definition) is 1. The predicted molar refractivity (Wildman–Crippen MR) is 79.7 cm³/mol. The molecular formula is C16H15ClN2. The number of benzene rings is 2. The van der Waals surface area contributed by atoms with E-state index in [2.05, 4.69) is 41.2 Å². The van der Waals surface area contributed by atoms with Crippen molar-refractivity contribution in [3.63, 3.8) is 0 Å². The number of imidazole rings is 1. The Balaban J connectivity index is 2.09. The average molecular weight is 271 g/mol. The summed E-state index contributed by atoms with van der Waals surface area (Å²) in [6.07, 6.45) is 1.00. The number of aromatic amines is 1. The Morgan fingerprint density at radius 1 is 1.11 bits per heavy atom. The minimum Gasteiger partial charge on any atom is -0.341 e. The molecule has 1 N–H and O–H groups in total. The maximum atomic E-state index is 6.18. The number of halogens is 1. The van der Waals surface area contributed by atoms with Crippen LogP contribution in [0.3, 0.4) is 0 Å². The fourth-order valence-corrected chi connectivity index (χ4v) is 2.67. The number of H-pyrrole nitrogens is 1. The SMILES string of the molecule is CCC(c1ccccc1)c1nc2c(Cl)cccc2[nH]1. The van der Waals surface area contributed by atoms with Crippen LogP contribution < -0.4 is 0 Å².